The van der Waals surface area contributed by atoms with Crippen LogP contribution in [-0.4, -0.2) is 11.1 Å². The Bertz CT molecular complexity index is 853. The number of aryl methyl sites for hydroxylation is 1. The minimum atomic E-state index is -1.13. The normalized spacial score (nSPS) is 10.8. The van der Waals surface area contributed by atoms with Crippen molar-refractivity contribution in [2.24, 2.45) is 0 Å². The van der Waals surface area contributed by atoms with Gasteiger partial charge >= 0.3 is 5.97 Å². The van der Waals surface area contributed by atoms with Gasteiger partial charge in [0.2, 0.25) is 0 Å². The summed E-state index contributed by atoms with van der Waals surface area (Å²) in [6.45, 7) is 2.01. The van der Waals surface area contributed by atoms with E-state index in [-0.39, 0.29) is 5.56 Å². The van der Waals surface area contributed by atoms with Crippen LogP contribution in [0.2, 0.25) is 0 Å². The maximum atomic E-state index is 13.3. The topological polar surface area (TPSA) is 37.3 Å². The fourth-order valence-corrected chi connectivity index (χ4v) is 2.61. The van der Waals surface area contributed by atoms with Crippen LogP contribution in [-0.2, 0) is 0 Å². The smallest absolute Gasteiger partial charge is 0.336 e. The zero-order valence-corrected chi connectivity index (χ0v) is 11.4. The summed E-state index contributed by atoms with van der Waals surface area (Å²) in [6.07, 6.45) is 0. The lowest BCUT2D eigenvalue weighted by atomic mass is 9.92. The predicted molar refractivity (Wildman–Crippen MR) is 81.0 cm³/mol. The molecule has 0 unspecified atom stereocenters. The molecule has 0 spiro atoms. The van der Waals surface area contributed by atoms with Gasteiger partial charge in [0.25, 0.3) is 0 Å². The molecule has 0 radical (unpaired) electrons. The molecule has 3 rings (SSSR count). The molecule has 0 bridgehead atoms. The highest BCUT2D eigenvalue weighted by atomic mass is 19.1. The third kappa shape index (κ3) is 2.27. The molecule has 0 atom stereocenters. The molecule has 0 aromatic heterocycles. The summed E-state index contributed by atoms with van der Waals surface area (Å²) in [4.78, 5) is 11.4. The fourth-order valence-electron chi connectivity index (χ4n) is 2.61. The number of hydrogen-bond donors (Lipinski definition) is 1. The highest BCUT2D eigenvalue weighted by Crippen LogP contribution is 2.33. The number of carbonyl (C=O) groups is 1. The first-order valence-electron chi connectivity index (χ1n) is 6.59. The minimum Gasteiger partial charge on any atom is -0.478 e. The van der Waals surface area contributed by atoms with E-state index >= 15 is 0 Å². The molecule has 3 aromatic rings. The van der Waals surface area contributed by atoms with Crippen LogP contribution in [0.1, 0.15) is 15.9 Å². The third-order valence-corrected chi connectivity index (χ3v) is 3.64. The molecule has 3 aromatic carbocycles. The van der Waals surface area contributed by atoms with Gasteiger partial charge < -0.3 is 5.11 Å². The molecular weight excluding hydrogens is 267 g/mol. The van der Waals surface area contributed by atoms with Crippen molar-refractivity contribution >= 4 is 16.7 Å². The summed E-state index contributed by atoms with van der Waals surface area (Å²) in [5, 5.41) is 11.3. The molecule has 104 valence electrons. The SMILES string of the molecule is Cc1ccc(-c2ccc(F)cc2C(=O)O)c2ccccc12. The maximum Gasteiger partial charge on any atom is 0.336 e. The zero-order chi connectivity index (χ0) is 15.0. The van der Waals surface area contributed by atoms with Gasteiger partial charge in [-0.3, -0.25) is 0 Å². The highest BCUT2D eigenvalue weighted by Gasteiger charge is 2.15. The molecule has 2 nitrogen and oxygen atoms in total. The minimum absolute atomic E-state index is 0.0241. The van der Waals surface area contributed by atoms with Crippen molar-refractivity contribution in [3.63, 3.8) is 0 Å². The average Bonchev–Trinajstić information content (AvgIpc) is 2.48. The largest absolute Gasteiger partial charge is 0.478 e. The molecule has 0 aliphatic rings. The van der Waals surface area contributed by atoms with Gasteiger partial charge in [-0.1, -0.05) is 42.5 Å². The fraction of sp³-hybridized carbons (Fsp3) is 0.0556. The van der Waals surface area contributed by atoms with E-state index in [2.05, 4.69) is 0 Å². The number of carboxylic acid groups (broad SMARTS) is 1. The number of carboxylic acids is 1. The van der Waals surface area contributed by atoms with E-state index in [9.17, 15) is 14.3 Å². The molecule has 0 amide bonds. The van der Waals surface area contributed by atoms with Crippen molar-refractivity contribution in [2.45, 2.75) is 6.92 Å². The molecule has 1 N–H and O–H groups in total. The van der Waals surface area contributed by atoms with E-state index in [0.29, 0.717) is 5.56 Å². The van der Waals surface area contributed by atoms with E-state index in [1.165, 1.54) is 12.1 Å². The molecule has 0 fully saturated rings. The molecule has 0 saturated heterocycles. The van der Waals surface area contributed by atoms with Gasteiger partial charge in [-0.25, -0.2) is 9.18 Å². The van der Waals surface area contributed by atoms with Crippen LogP contribution in [0.15, 0.2) is 54.6 Å². The lowest BCUT2D eigenvalue weighted by Crippen LogP contribution is -2.01. The van der Waals surface area contributed by atoms with Crippen LogP contribution in [0, 0.1) is 12.7 Å². The summed E-state index contributed by atoms with van der Waals surface area (Å²) >= 11 is 0. The molecule has 0 aliphatic heterocycles. The van der Waals surface area contributed by atoms with E-state index in [1.807, 2.05) is 43.3 Å². The Morgan fingerprint density at radius 1 is 0.952 bits per heavy atom. The Morgan fingerprint density at radius 2 is 1.62 bits per heavy atom. The summed E-state index contributed by atoms with van der Waals surface area (Å²) in [5.74, 6) is -1.68. The standard InChI is InChI=1S/C18H13FO2/c1-11-6-8-15(14-5-3-2-4-13(11)14)16-9-7-12(19)10-17(16)18(20)21/h2-10H,1H3,(H,20,21). The van der Waals surface area contributed by atoms with Crippen molar-refractivity contribution in [1.82, 2.24) is 0 Å². The second kappa shape index (κ2) is 5.02. The average molecular weight is 280 g/mol. The van der Waals surface area contributed by atoms with Gasteiger partial charge in [0.1, 0.15) is 5.82 Å². The Morgan fingerprint density at radius 3 is 2.33 bits per heavy atom. The number of aromatic carboxylic acids is 1. The molecule has 21 heavy (non-hydrogen) atoms. The summed E-state index contributed by atoms with van der Waals surface area (Å²) in [7, 11) is 0. The van der Waals surface area contributed by atoms with Crippen LogP contribution in [0.3, 0.4) is 0 Å². The van der Waals surface area contributed by atoms with Gasteiger partial charge in [0, 0.05) is 0 Å². The maximum absolute atomic E-state index is 13.3. The number of halogens is 1. The van der Waals surface area contributed by atoms with Gasteiger partial charge in [-0.15, -0.1) is 0 Å². The van der Waals surface area contributed by atoms with Gasteiger partial charge in [-0.2, -0.15) is 0 Å². The van der Waals surface area contributed by atoms with E-state index in [4.69, 9.17) is 0 Å². The predicted octanol–water partition coefficient (Wildman–Crippen LogP) is 4.65. The van der Waals surface area contributed by atoms with Crippen molar-refractivity contribution in [1.29, 1.82) is 0 Å². The van der Waals surface area contributed by atoms with Gasteiger partial charge in [0.15, 0.2) is 0 Å². The monoisotopic (exact) mass is 280 g/mol. The van der Waals surface area contributed by atoms with Crippen LogP contribution >= 0.6 is 0 Å². The lowest BCUT2D eigenvalue weighted by molar-refractivity contribution is 0.0697. The highest BCUT2D eigenvalue weighted by molar-refractivity contribution is 6.04. The van der Waals surface area contributed by atoms with Crippen molar-refractivity contribution < 1.29 is 14.3 Å². The molecule has 0 saturated carbocycles. The lowest BCUT2D eigenvalue weighted by Gasteiger charge is -2.11. The quantitative estimate of drug-likeness (QED) is 0.741. The Hall–Kier alpha value is -2.68. The third-order valence-electron chi connectivity index (χ3n) is 3.64. The van der Waals surface area contributed by atoms with Gasteiger partial charge in [0.05, 0.1) is 5.56 Å². The van der Waals surface area contributed by atoms with Crippen molar-refractivity contribution in [2.75, 3.05) is 0 Å². The van der Waals surface area contributed by atoms with Crippen molar-refractivity contribution in [3.05, 3.63) is 71.5 Å². The first kappa shape index (κ1) is 13.3. The van der Waals surface area contributed by atoms with Crippen LogP contribution in [0.25, 0.3) is 21.9 Å². The second-order valence-corrected chi connectivity index (χ2v) is 4.97. The first-order valence-corrected chi connectivity index (χ1v) is 6.59. The van der Waals surface area contributed by atoms with Crippen LogP contribution < -0.4 is 0 Å². The second-order valence-electron chi connectivity index (χ2n) is 4.97. The van der Waals surface area contributed by atoms with Gasteiger partial charge in [-0.05, 0) is 46.5 Å². The summed E-state index contributed by atoms with van der Waals surface area (Å²) in [6, 6.07) is 15.5. The summed E-state index contributed by atoms with van der Waals surface area (Å²) < 4.78 is 13.3. The summed E-state index contributed by atoms with van der Waals surface area (Å²) in [5.41, 5.74) is 2.42. The van der Waals surface area contributed by atoms with E-state index in [1.54, 1.807) is 0 Å². The van der Waals surface area contributed by atoms with Crippen molar-refractivity contribution in [3.8, 4) is 11.1 Å². The first-order chi connectivity index (χ1) is 10.1. The molecular formula is C18H13FO2. The molecule has 3 heteroatoms. The van der Waals surface area contributed by atoms with E-state index < -0.39 is 11.8 Å². The van der Waals surface area contributed by atoms with Crippen LogP contribution in [0.5, 0.6) is 0 Å². The Labute approximate surface area is 121 Å². The number of hydrogen-bond acceptors (Lipinski definition) is 1. The zero-order valence-electron chi connectivity index (χ0n) is 11.4. The van der Waals surface area contributed by atoms with E-state index in [0.717, 1.165) is 28.0 Å². The number of fused-ring (bicyclic) bond motifs is 1. The molecule has 0 heterocycles. The Kier molecular flexibility index (Phi) is 3.18. The number of rotatable bonds is 2. The van der Waals surface area contributed by atoms with Crippen LogP contribution in [0.4, 0.5) is 4.39 Å². The number of benzene rings is 3. The Balaban J connectivity index is 2.36. The molecule has 0 aliphatic carbocycles.